The predicted octanol–water partition coefficient (Wildman–Crippen LogP) is 3.40. The molecule has 0 spiro atoms. The minimum atomic E-state index is 1.04. The molecule has 108 valence electrons. The quantitative estimate of drug-likeness (QED) is 0.518. The van der Waals surface area contributed by atoms with Crippen LogP contribution in [0.2, 0.25) is 0 Å². The molecule has 0 aromatic carbocycles. The molecule has 1 rings (SSSR count). The van der Waals surface area contributed by atoms with E-state index in [2.05, 4.69) is 42.4 Å². The van der Waals surface area contributed by atoms with Crippen molar-refractivity contribution in [1.29, 1.82) is 0 Å². The molecule has 3 heteroatoms. The van der Waals surface area contributed by atoms with Gasteiger partial charge in [-0.3, -0.25) is 4.68 Å². The average molecular weight is 263 g/mol. The molecule has 0 aliphatic rings. The molecule has 0 fully saturated rings. The molecule has 0 saturated heterocycles. The summed E-state index contributed by atoms with van der Waals surface area (Å²) >= 11 is 0. The fourth-order valence-electron chi connectivity index (χ4n) is 2.43. The Morgan fingerprint density at radius 1 is 1.26 bits per heavy atom. The molecule has 0 aliphatic heterocycles. The van der Waals surface area contributed by atoms with E-state index in [1.165, 1.54) is 36.2 Å². The van der Waals surface area contributed by atoms with Crippen molar-refractivity contribution in [2.45, 2.75) is 59.4 Å². The van der Waals surface area contributed by atoms with E-state index in [9.17, 15) is 0 Å². The van der Waals surface area contributed by atoms with Crippen molar-refractivity contribution in [2.75, 3.05) is 13.1 Å². The lowest BCUT2D eigenvalue weighted by atomic mass is 10.1. The maximum atomic E-state index is 4.68. The topological polar surface area (TPSA) is 29.9 Å². The number of nitrogens with one attached hydrogen (secondary N) is 1. The number of aromatic nitrogens is 2. The number of hydrogen-bond acceptors (Lipinski definition) is 2. The van der Waals surface area contributed by atoms with Gasteiger partial charge in [-0.1, -0.05) is 19.4 Å². The Hall–Kier alpha value is -1.09. The van der Waals surface area contributed by atoms with Crippen LogP contribution in [0.4, 0.5) is 0 Å². The van der Waals surface area contributed by atoms with Crippen molar-refractivity contribution >= 4 is 0 Å². The van der Waals surface area contributed by atoms with Gasteiger partial charge in [0.1, 0.15) is 0 Å². The lowest BCUT2D eigenvalue weighted by Gasteiger charge is -2.06. The highest BCUT2D eigenvalue weighted by atomic mass is 15.3. The van der Waals surface area contributed by atoms with Gasteiger partial charge in [-0.15, -0.1) is 6.58 Å². The van der Waals surface area contributed by atoms with Gasteiger partial charge >= 0.3 is 0 Å². The third-order valence-corrected chi connectivity index (χ3v) is 3.61. The summed E-state index contributed by atoms with van der Waals surface area (Å²) in [6.45, 7) is 13.4. The smallest absolute Gasteiger partial charge is 0.0628 e. The number of rotatable bonds is 10. The Balaban J connectivity index is 2.46. The van der Waals surface area contributed by atoms with Gasteiger partial charge in [0.05, 0.1) is 5.69 Å². The molecule has 0 amide bonds. The molecule has 0 atom stereocenters. The Morgan fingerprint density at radius 2 is 2.05 bits per heavy atom. The predicted molar refractivity (Wildman–Crippen MR) is 82.6 cm³/mol. The molecule has 3 nitrogen and oxygen atoms in total. The molecular weight excluding hydrogens is 234 g/mol. The molecule has 19 heavy (non-hydrogen) atoms. The third-order valence-electron chi connectivity index (χ3n) is 3.61. The number of aryl methyl sites for hydroxylation is 2. The molecular formula is C16H29N3. The van der Waals surface area contributed by atoms with Crippen LogP contribution in [0.1, 0.15) is 49.6 Å². The van der Waals surface area contributed by atoms with Crippen LogP contribution in [0.5, 0.6) is 0 Å². The number of likely N-dealkylation sites (N-methyl/N-ethyl adjacent to an activating group) is 1. The summed E-state index contributed by atoms with van der Waals surface area (Å²) in [6, 6.07) is 0. The van der Waals surface area contributed by atoms with Crippen LogP contribution in [0, 0.1) is 13.8 Å². The highest BCUT2D eigenvalue weighted by molar-refractivity contribution is 5.24. The van der Waals surface area contributed by atoms with E-state index in [1.807, 2.05) is 6.08 Å². The van der Waals surface area contributed by atoms with Crippen molar-refractivity contribution in [1.82, 2.24) is 15.1 Å². The SMILES string of the molecule is C=CCCCCCn1nc(C)c(CCNCC)c1C. The first-order valence-corrected chi connectivity index (χ1v) is 7.55. The zero-order valence-corrected chi connectivity index (χ0v) is 12.8. The summed E-state index contributed by atoms with van der Waals surface area (Å²) in [7, 11) is 0. The maximum absolute atomic E-state index is 4.68. The zero-order valence-electron chi connectivity index (χ0n) is 12.8. The molecule has 0 radical (unpaired) electrons. The van der Waals surface area contributed by atoms with E-state index in [4.69, 9.17) is 0 Å². The standard InChI is InChI=1S/C16H29N3/c1-5-7-8-9-10-13-19-15(4)16(14(3)18-19)11-12-17-6-2/h5,17H,1,6-13H2,2-4H3. The summed E-state index contributed by atoms with van der Waals surface area (Å²) in [5.41, 5.74) is 3.97. The molecule has 1 N–H and O–H groups in total. The van der Waals surface area contributed by atoms with Crippen LogP contribution in [-0.2, 0) is 13.0 Å². The van der Waals surface area contributed by atoms with Gasteiger partial charge in [0.25, 0.3) is 0 Å². The molecule has 0 aliphatic carbocycles. The van der Waals surface area contributed by atoms with Crippen LogP contribution >= 0.6 is 0 Å². The van der Waals surface area contributed by atoms with Crippen molar-refractivity contribution in [3.8, 4) is 0 Å². The average Bonchev–Trinajstić information content (AvgIpc) is 2.66. The zero-order chi connectivity index (χ0) is 14.1. The third kappa shape index (κ3) is 5.19. The molecule has 1 aromatic heterocycles. The summed E-state index contributed by atoms with van der Waals surface area (Å²) in [5.74, 6) is 0. The van der Waals surface area contributed by atoms with Gasteiger partial charge in [-0.05, 0) is 58.2 Å². The highest BCUT2D eigenvalue weighted by Crippen LogP contribution is 2.14. The number of nitrogens with zero attached hydrogens (tertiary/aromatic N) is 2. The van der Waals surface area contributed by atoms with E-state index in [0.717, 1.165) is 32.5 Å². The van der Waals surface area contributed by atoms with Crippen LogP contribution in [0.3, 0.4) is 0 Å². The molecule has 0 bridgehead atoms. The Morgan fingerprint density at radius 3 is 2.74 bits per heavy atom. The lowest BCUT2D eigenvalue weighted by Crippen LogP contribution is -2.16. The van der Waals surface area contributed by atoms with Gasteiger partial charge in [-0.25, -0.2) is 0 Å². The largest absolute Gasteiger partial charge is 0.317 e. The number of unbranched alkanes of at least 4 members (excludes halogenated alkanes) is 3. The number of allylic oxidation sites excluding steroid dienone is 1. The van der Waals surface area contributed by atoms with Gasteiger partial charge in [0.2, 0.25) is 0 Å². The van der Waals surface area contributed by atoms with Crippen molar-refractivity contribution in [3.63, 3.8) is 0 Å². The minimum Gasteiger partial charge on any atom is -0.317 e. The molecule has 0 saturated carbocycles. The first-order valence-electron chi connectivity index (χ1n) is 7.55. The van der Waals surface area contributed by atoms with E-state index >= 15 is 0 Å². The summed E-state index contributed by atoms with van der Waals surface area (Å²) < 4.78 is 2.19. The minimum absolute atomic E-state index is 1.04. The summed E-state index contributed by atoms with van der Waals surface area (Å²) in [4.78, 5) is 0. The summed E-state index contributed by atoms with van der Waals surface area (Å²) in [5, 5.41) is 8.06. The number of hydrogen-bond donors (Lipinski definition) is 1. The normalized spacial score (nSPS) is 10.9. The van der Waals surface area contributed by atoms with Crippen molar-refractivity contribution in [2.24, 2.45) is 0 Å². The van der Waals surface area contributed by atoms with Gasteiger partial charge in [0.15, 0.2) is 0 Å². The summed E-state index contributed by atoms with van der Waals surface area (Å²) in [6.07, 6.45) is 7.94. The Bertz CT molecular complexity index is 380. The molecule has 0 unspecified atom stereocenters. The van der Waals surface area contributed by atoms with Crippen LogP contribution < -0.4 is 5.32 Å². The van der Waals surface area contributed by atoms with E-state index in [1.54, 1.807) is 0 Å². The first-order chi connectivity index (χ1) is 9.20. The van der Waals surface area contributed by atoms with Crippen molar-refractivity contribution < 1.29 is 0 Å². The van der Waals surface area contributed by atoms with Crippen LogP contribution in [0.25, 0.3) is 0 Å². The van der Waals surface area contributed by atoms with Crippen LogP contribution in [-0.4, -0.2) is 22.9 Å². The van der Waals surface area contributed by atoms with E-state index < -0.39 is 0 Å². The van der Waals surface area contributed by atoms with Gasteiger partial charge in [-0.2, -0.15) is 5.10 Å². The fourth-order valence-corrected chi connectivity index (χ4v) is 2.43. The maximum Gasteiger partial charge on any atom is 0.0628 e. The Labute approximate surface area is 118 Å². The second-order valence-corrected chi connectivity index (χ2v) is 5.11. The van der Waals surface area contributed by atoms with Crippen LogP contribution in [0.15, 0.2) is 12.7 Å². The highest BCUT2D eigenvalue weighted by Gasteiger charge is 2.10. The second kappa shape index (κ2) is 8.92. The fraction of sp³-hybridized carbons (Fsp3) is 0.688. The molecule has 1 heterocycles. The van der Waals surface area contributed by atoms with E-state index in [0.29, 0.717) is 0 Å². The lowest BCUT2D eigenvalue weighted by molar-refractivity contribution is 0.533. The van der Waals surface area contributed by atoms with Crippen molar-refractivity contribution in [3.05, 3.63) is 29.6 Å². The first kappa shape index (κ1) is 16.0. The van der Waals surface area contributed by atoms with Gasteiger partial charge in [0, 0.05) is 12.2 Å². The Kier molecular flexibility index (Phi) is 7.49. The second-order valence-electron chi connectivity index (χ2n) is 5.11. The molecule has 1 aromatic rings. The van der Waals surface area contributed by atoms with Gasteiger partial charge < -0.3 is 5.32 Å². The monoisotopic (exact) mass is 263 g/mol. The van der Waals surface area contributed by atoms with E-state index in [-0.39, 0.29) is 0 Å².